The van der Waals surface area contributed by atoms with Crippen molar-refractivity contribution < 1.29 is 14.2 Å². The fourth-order valence-electron chi connectivity index (χ4n) is 4.08. The summed E-state index contributed by atoms with van der Waals surface area (Å²) in [7, 11) is 7.25. The largest absolute Gasteiger partial charge is 0.493 e. The molecule has 128 valence electrons. The normalized spacial score (nSPS) is 25.2. The predicted octanol–water partition coefficient (Wildman–Crippen LogP) is 2.38. The Labute approximate surface area is 139 Å². The molecule has 0 spiro atoms. The van der Waals surface area contributed by atoms with Gasteiger partial charge in [0.1, 0.15) is 0 Å². The lowest BCUT2D eigenvalue weighted by atomic mass is 10.1. The third-order valence-electron chi connectivity index (χ3n) is 5.28. The van der Waals surface area contributed by atoms with Crippen LogP contribution in [-0.2, 0) is 6.54 Å². The summed E-state index contributed by atoms with van der Waals surface area (Å²) in [6.07, 6.45) is 3.86. The molecule has 23 heavy (non-hydrogen) atoms. The Bertz CT molecular complexity index is 549. The van der Waals surface area contributed by atoms with E-state index in [1.165, 1.54) is 31.4 Å². The van der Waals surface area contributed by atoms with E-state index in [9.17, 15) is 0 Å². The van der Waals surface area contributed by atoms with Gasteiger partial charge in [0.25, 0.3) is 0 Å². The Morgan fingerprint density at radius 1 is 0.957 bits per heavy atom. The molecular formula is C18H28N2O3. The van der Waals surface area contributed by atoms with Crippen LogP contribution in [0.15, 0.2) is 12.1 Å². The molecule has 1 aromatic carbocycles. The highest BCUT2D eigenvalue weighted by Gasteiger charge is 2.36. The van der Waals surface area contributed by atoms with Crippen LogP contribution in [0.4, 0.5) is 0 Å². The van der Waals surface area contributed by atoms with Gasteiger partial charge in [-0.15, -0.1) is 0 Å². The molecule has 2 heterocycles. The Kier molecular flexibility index (Phi) is 4.97. The van der Waals surface area contributed by atoms with Crippen LogP contribution >= 0.6 is 0 Å². The zero-order valence-electron chi connectivity index (χ0n) is 14.7. The van der Waals surface area contributed by atoms with E-state index in [1.54, 1.807) is 21.3 Å². The average Bonchev–Trinajstić information content (AvgIpc) is 2.85. The van der Waals surface area contributed by atoms with Gasteiger partial charge in [0.15, 0.2) is 11.5 Å². The van der Waals surface area contributed by atoms with E-state index in [-0.39, 0.29) is 0 Å². The third kappa shape index (κ3) is 3.12. The number of benzene rings is 1. The molecule has 0 radical (unpaired) electrons. The standard InChI is InChI=1S/C18H28N2O3/c1-19-10-9-14-6-7-15(12-19)20(14)11-13-5-8-16(21-2)18(23-4)17(13)22-3/h5,8,14-15H,6-7,9-12H2,1-4H3/t14-,15+/m1/s1. The molecule has 0 unspecified atom stereocenters. The predicted molar refractivity (Wildman–Crippen MR) is 90.6 cm³/mol. The lowest BCUT2D eigenvalue weighted by molar-refractivity contribution is 0.181. The van der Waals surface area contributed by atoms with E-state index in [0.29, 0.717) is 23.6 Å². The minimum Gasteiger partial charge on any atom is -0.493 e. The number of methoxy groups -OCH3 is 3. The maximum absolute atomic E-state index is 5.65. The monoisotopic (exact) mass is 320 g/mol. The second-order valence-electron chi connectivity index (χ2n) is 6.60. The summed E-state index contributed by atoms with van der Waals surface area (Å²) in [5, 5.41) is 0. The van der Waals surface area contributed by atoms with Crippen LogP contribution in [0.2, 0.25) is 0 Å². The molecule has 2 aliphatic heterocycles. The molecule has 2 atom stereocenters. The Morgan fingerprint density at radius 3 is 2.39 bits per heavy atom. The highest BCUT2D eigenvalue weighted by molar-refractivity contribution is 5.55. The summed E-state index contributed by atoms with van der Waals surface area (Å²) in [4.78, 5) is 5.12. The van der Waals surface area contributed by atoms with Gasteiger partial charge in [-0.3, -0.25) is 4.90 Å². The lowest BCUT2D eigenvalue weighted by Crippen LogP contribution is -2.37. The molecule has 0 N–H and O–H groups in total. The fourth-order valence-corrected chi connectivity index (χ4v) is 4.08. The van der Waals surface area contributed by atoms with Crippen molar-refractivity contribution in [3.8, 4) is 17.2 Å². The van der Waals surface area contributed by atoms with Gasteiger partial charge in [0.2, 0.25) is 5.75 Å². The van der Waals surface area contributed by atoms with E-state index in [2.05, 4.69) is 22.9 Å². The number of fused-ring (bicyclic) bond motifs is 2. The first-order valence-corrected chi connectivity index (χ1v) is 8.40. The van der Waals surface area contributed by atoms with Crippen molar-refractivity contribution in [2.75, 3.05) is 41.5 Å². The first kappa shape index (κ1) is 16.4. The van der Waals surface area contributed by atoms with Crippen LogP contribution in [0.3, 0.4) is 0 Å². The summed E-state index contributed by atoms with van der Waals surface area (Å²) in [6.45, 7) is 3.26. The van der Waals surface area contributed by atoms with E-state index >= 15 is 0 Å². The number of likely N-dealkylation sites (tertiary alicyclic amines) is 1. The lowest BCUT2D eigenvalue weighted by Gasteiger charge is -2.29. The van der Waals surface area contributed by atoms with Gasteiger partial charge < -0.3 is 19.1 Å². The van der Waals surface area contributed by atoms with Crippen molar-refractivity contribution in [3.05, 3.63) is 17.7 Å². The molecule has 5 nitrogen and oxygen atoms in total. The minimum atomic E-state index is 0.644. The van der Waals surface area contributed by atoms with Gasteiger partial charge >= 0.3 is 0 Å². The molecule has 2 saturated heterocycles. The summed E-state index contributed by atoms with van der Waals surface area (Å²) in [6, 6.07) is 5.41. The second kappa shape index (κ2) is 6.97. The minimum absolute atomic E-state index is 0.644. The molecule has 3 rings (SSSR count). The van der Waals surface area contributed by atoms with Crippen molar-refractivity contribution in [2.24, 2.45) is 0 Å². The summed E-state index contributed by atoms with van der Waals surface area (Å²) < 4.78 is 16.6. The number of hydrogen-bond donors (Lipinski definition) is 0. The number of ether oxygens (including phenoxy) is 3. The van der Waals surface area contributed by atoms with E-state index in [1.807, 2.05) is 6.07 Å². The van der Waals surface area contributed by atoms with Crippen LogP contribution in [0.25, 0.3) is 0 Å². The molecule has 0 amide bonds. The summed E-state index contributed by atoms with van der Waals surface area (Å²) in [5.41, 5.74) is 1.17. The van der Waals surface area contributed by atoms with Gasteiger partial charge in [0.05, 0.1) is 21.3 Å². The van der Waals surface area contributed by atoms with Gasteiger partial charge in [-0.1, -0.05) is 6.07 Å². The number of nitrogens with zero attached hydrogens (tertiary/aromatic N) is 2. The van der Waals surface area contributed by atoms with E-state index in [4.69, 9.17) is 14.2 Å². The molecule has 0 aromatic heterocycles. The SMILES string of the molecule is COc1ccc(CN2[C@@H]3CC[C@H]2CN(C)CC3)c(OC)c1OC. The number of hydrogen-bond acceptors (Lipinski definition) is 5. The van der Waals surface area contributed by atoms with Gasteiger partial charge in [-0.25, -0.2) is 0 Å². The average molecular weight is 320 g/mol. The third-order valence-corrected chi connectivity index (χ3v) is 5.28. The second-order valence-corrected chi connectivity index (χ2v) is 6.60. The van der Waals surface area contributed by atoms with Gasteiger partial charge in [0, 0.05) is 30.7 Å². The van der Waals surface area contributed by atoms with Crippen molar-refractivity contribution in [2.45, 2.75) is 37.9 Å². The zero-order valence-corrected chi connectivity index (χ0v) is 14.7. The van der Waals surface area contributed by atoms with Crippen LogP contribution in [0.1, 0.15) is 24.8 Å². The first-order valence-electron chi connectivity index (χ1n) is 8.40. The number of rotatable bonds is 5. The fraction of sp³-hybridized carbons (Fsp3) is 0.667. The van der Waals surface area contributed by atoms with Crippen molar-refractivity contribution >= 4 is 0 Å². The molecule has 0 saturated carbocycles. The summed E-state index contributed by atoms with van der Waals surface area (Å²) >= 11 is 0. The molecule has 0 aliphatic carbocycles. The zero-order chi connectivity index (χ0) is 16.4. The molecule has 2 fully saturated rings. The van der Waals surface area contributed by atoms with Crippen LogP contribution < -0.4 is 14.2 Å². The Hall–Kier alpha value is -1.46. The van der Waals surface area contributed by atoms with Crippen LogP contribution in [0.5, 0.6) is 17.2 Å². The van der Waals surface area contributed by atoms with E-state index in [0.717, 1.165) is 18.8 Å². The van der Waals surface area contributed by atoms with Crippen molar-refractivity contribution in [3.63, 3.8) is 0 Å². The van der Waals surface area contributed by atoms with Crippen molar-refractivity contribution in [1.29, 1.82) is 0 Å². The molecule has 2 aliphatic rings. The maximum atomic E-state index is 5.65. The van der Waals surface area contributed by atoms with Crippen LogP contribution in [-0.4, -0.2) is 63.4 Å². The maximum Gasteiger partial charge on any atom is 0.203 e. The topological polar surface area (TPSA) is 34.2 Å². The van der Waals surface area contributed by atoms with Crippen molar-refractivity contribution in [1.82, 2.24) is 9.80 Å². The molecule has 1 aromatic rings. The Morgan fingerprint density at radius 2 is 1.70 bits per heavy atom. The van der Waals surface area contributed by atoms with Gasteiger partial charge in [-0.2, -0.15) is 0 Å². The highest BCUT2D eigenvalue weighted by atomic mass is 16.5. The number of likely N-dealkylation sites (N-methyl/N-ethyl adjacent to an activating group) is 1. The first-order chi connectivity index (χ1) is 11.2. The molecule has 2 bridgehead atoms. The molecule has 5 heteroatoms. The Balaban J connectivity index is 1.88. The quantitative estimate of drug-likeness (QED) is 0.832. The molecular weight excluding hydrogens is 292 g/mol. The smallest absolute Gasteiger partial charge is 0.203 e. The highest BCUT2D eigenvalue weighted by Crippen LogP contribution is 2.41. The van der Waals surface area contributed by atoms with Gasteiger partial charge in [-0.05, 0) is 38.9 Å². The van der Waals surface area contributed by atoms with Crippen LogP contribution in [0, 0.1) is 0 Å². The van der Waals surface area contributed by atoms with E-state index < -0.39 is 0 Å². The summed E-state index contributed by atoms with van der Waals surface area (Å²) in [5.74, 6) is 2.20.